The highest BCUT2D eigenvalue weighted by Crippen LogP contribution is 2.21. The lowest BCUT2D eigenvalue weighted by Gasteiger charge is -2.11. The summed E-state index contributed by atoms with van der Waals surface area (Å²) in [7, 11) is 1.74. The summed E-state index contributed by atoms with van der Waals surface area (Å²) in [5, 5.41) is 9.52. The molecule has 0 aromatic carbocycles. The smallest absolute Gasteiger partial charge is 0.258 e. The first-order chi connectivity index (χ1) is 11.0. The van der Waals surface area contributed by atoms with Crippen molar-refractivity contribution < 1.29 is 9.59 Å². The van der Waals surface area contributed by atoms with Crippen molar-refractivity contribution in [3.05, 3.63) is 36.4 Å². The van der Waals surface area contributed by atoms with Crippen LogP contribution in [0.25, 0.3) is 0 Å². The monoisotopic (exact) mass is 315 g/mol. The molecule has 0 unspecified atom stereocenters. The maximum Gasteiger partial charge on any atom is 0.258 e. The van der Waals surface area contributed by atoms with Gasteiger partial charge in [0.25, 0.3) is 5.91 Å². The standard InChI is InChI=1S/C16H21N5O2/c1-11(2)4-5-15(22)19-14-9-17-7-6-13(14)20-16(23)12-8-18-21(3)10-12/h6-11H,4-5H2,1-3H3,(H,19,22)(H,17,20,23). The van der Waals surface area contributed by atoms with Crippen LogP contribution in [-0.2, 0) is 11.8 Å². The average Bonchev–Trinajstić information content (AvgIpc) is 2.94. The van der Waals surface area contributed by atoms with E-state index in [9.17, 15) is 9.59 Å². The molecular formula is C16H21N5O2. The fourth-order valence-electron chi connectivity index (χ4n) is 1.97. The van der Waals surface area contributed by atoms with Crippen LogP contribution in [0.3, 0.4) is 0 Å². The minimum Gasteiger partial charge on any atom is -0.323 e. The second-order valence-electron chi connectivity index (χ2n) is 5.76. The number of nitrogens with zero attached hydrogens (tertiary/aromatic N) is 3. The molecule has 7 heteroatoms. The van der Waals surface area contributed by atoms with E-state index in [-0.39, 0.29) is 11.8 Å². The Kier molecular flexibility index (Phi) is 5.46. The van der Waals surface area contributed by atoms with Crippen LogP contribution >= 0.6 is 0 Å². The van der Waals surface area contributed by atoms with E-state index in [1.54, 1.807) is 30.2 Å². The summed E-state index contributed by atoms with van der Waals surface area (Å²) in [6.07, 6.45) is 7.43. The molecule has 0 spiro atoms. The number of carbonyl (C=O) groups is 2. The molecular weight excluding hydrogens is 294 g/mol. The molecule has 2 amide bonds. The molecule has 0 aliphatic rings. The number of amides is 2. The molecule has 7 nitrogen and oxygen atoms in total. The van der Waals surface area contributed by atoms with Crippen molar-refractivity contribution in [3.8, 4) is 0 Å². The van der Waals surface area contributed by atoms with Crippen molar-refractivity contribution in [1.82, 2.24) is 14.8 Å². The van der Waals surface area contributed by atoms with Gasteiger partial charge in [-0.05, 0) is 18.4 Å². The molecule has 2 N–H and O–H groups in total. The van der Waals surface area contributed by atoms with Gasteiger partial charge in [-0.1, -0.05) is 13.8 Å². The third-order valence-corrected chi connectivity index (χ3v) is 3.26. The van der Waals surface area contributed by atoms with Gasteiger partial charge in [0.15, 0.2) is 0 Å². The highest BCUT2D eigenvalue weighted by atomic mass is 16.2. The maximum absolute atomic E-state index is 12.2. The van der Waals surface area contributed by atoms with Crippen molar-refractivity contribution in [2.24, 2.45) is 13.0 Å². The zero-order valence-electron chi connectivity index (χ0n) is 13.5. The normalized spacial score (nSPS) is 10.6. The largest absolute Gasteiger partial charge is 0.323 e. The molecule has 0 atom stereocenters. The van der Waals surface area contributed by atoms with Crippen molar-refractivity contribution in [1.29, 1.82) is 0 Å². The Morgan fingerprint density at radius 1 is 1.22 bits per heavy atom. The summed E-state index contributed by atoms with van der Waals surface area (Å²) in [6, 6.07) is 1.65. The molecule has 0 bridgehead atoms. The van der Waals surface area contributed by atoms with Crippen LogP contribution in [0.2, 0.25) is 0 Å². The van der Waals surface area contributed by atoms with E-state index >= 15 is 0 Å². The summed E-state index contributed by atoms with van der Waals surface area (Å²) in [6.45, 7) is 4.13. The molecule has 0 radical (unpaired) electrons. The van der Waals surface area contributed by atoms with Gasteiger partial charge in [-0.15, -0.1) is 0 Å². The van der Waals surface area contributed by atoms with E-state index in [4.69, 9.17) is 0 Å². The molecule has 2 heterocycles. The summed E-state index contributed by atoms with van der Waals surface area (Å²) < 4.78 is 1.55. The van der Waals surface area contributed by atoms with Gasteiger partial charge in [0, 0.05) is 25.9 Å². The van der Waals surface area contributed by atoms with Gasteiger partial charge in [-0.25, -0.2) is 0 Å². The third-order valence-electron chi connectivity index (χ3n) is 3.26. The second-order valence-corrected chi connectivity index (χ2v) is 5.76. The van der Waals surface area contributed by atoms with Gasteiger partial charge in [0.2, 0.25) is 5.91 Å². The summed E-state index contributed by atoms with van der Waals surface area (Å²) >= 11 is 0. The van der Waals surface area contributed by atoms with Crippen LogP contribution in [0, 0.1) is 5.92 Å². The van der Waals surface area contributed by atoms with E-state index in [1.807, 2.05) is 0 Å². The predicted octanol–water partition coefficient (Wildman–Crippen LogP) is 2.44. The Balaban J connectivity index is 2.05. The van der Waals surface area contributed by atoms with Crippen LogP contribution in [-0.4, -0.2) is 26.6 Å². The topological polar surface area (TPSA) is 88.9 Å². The molecule has 0 saturated carbocycles. The average molecular weight is 315 g/mol. The van der Waals surface area contributed by atoms with Gasteiger partial charge in [-0.3, -0.25) is 19.3 Å². The van der Waals surface area contributed by atoms with Crippen molar-refractivity contribution in [3.63, 3.8) is 0 Å². The fraction of sp³-hybridized carbons (Fsp3) is 0.375. The van der Waals surface area contributed by atoms with Gasteiger partial charge >= 0.3 is 0 Å². The second kappa shape index (κ2) is 7.53. The minimum atomic E-state index is -0.290. The Labute approximate surface area is 135 Å². The number of anilines is 2. The lowest BCUT2D eigenvalue weighted by molar-refractivity contribution is -0.116. The Morgan fingerprint density at radius 2 is 2.00 bits per heavy atom. The highest BCUT2D eigenvalue weighted by molar-refractivity contribution is 6.06. The number of hydrogen-bond donors (Lipinski definition) is 2. The van der Waals surface area contributed by atoms with E-state index in [1.165, 1.54) is 12.4 Å². The highest BCUT2D eigenvalue weighted by Gasteiger charge is 2.12. The fourth-order valence-corrected chi connectivity index (χ4v) is 1.97. The molecule has 2 aromatic rings. The third kappa shape index (κ3) is 4.91. The maximum atomic E-state index is 12.2. The van der Waals surface area contributed by atoms with Crippen LogP contribution in [0.1, 0.15) is 37.0 Å². The lowest BCUT2D eigenvalue weighted by atomic mass is 10.1. The van der Waals surface area contributed by atoms with E-state index < -0.39 is 0 Å². The van der Waals surface area contributed by atoms with E-state index in [0.717, 1.165) is 6.42 Å². The first kappa shape index (κ1) is 16.7. The minimum absolute atomic E-state index is 0.0939. The van der Waals surface area contributed by atoms with Crippen molar-refractivity contribution >= 4 is 23.2 Å². The van der Waals surface area contributed by atoms with Gasteiger partial charge in [0.1, 0.15) is 0 Å². The molecule has 2 aromatic heterocycles. The van der Waals surface area contributed by atoms with E-state index in [2.05, 4.69) is 34.6 Å². The number of nitrogens with one attached hydrogen (secondary N) is 2. The zero-order chi connectivity index (χ0) is 16.8. The Bertz CT molecular complexity index is 693. The molecule has 0 aliphatic heterocycles. The molecule has 122 valence electrons. The van der Waals surface area contributed by atoms with Crippen LogP contribution in [0.5, 0.6) is 0 Å². The van der Waals surface area contributed by atoms with Gasteiger partial charge < -0.3 is 10.6 Å². The Hall–Kier alpha value is -2.70. The summed E-state index contributed by atoms with van der Waals surface area (Å²) in [4.78, 5) is 28.1. The van der Waals surface area contributed by atoms with Gasteiger partial charge in [-0.2, -0.15) is 5.10 Å². The zero-order valence-corrected chi connectivity index (χ0v) is 13.5. The molecule has 23 heavy (non-hydrogen) atoms. The molecule has 0 fully saturated rings. The van der Waals surface area contributed by atoms with Crippen molar-refractivity contribution in [2.45, 2.75) is 26.7 Å². The first-order valence-electron chi connectivity index (χ1n) is 7.49. The molecule has 0 aliphatic carbocycles. The number of aromatic nitrogens is 3. The Morgan fingerprint density at radius 3 is 2.65 bits per heavy atom. The summed E-state index contributed by atoms with van der Waals surface area (Å²) in [5.41, 5.74) is 1.44. The quantitative estimate of drug-likeness (QED) is 0.857. The number of pyridine rings is 1. The van der Waals surface area contributed by atoms with Gasteiger partial charge in [0.05, 0.1) is 29.3 Å². The first-order valence-corrected chi connectivity index (χ1v) is 7.49. The summed E-state index contributed by atoms with van der Waals surface area (Å²) in [5.74, 6) is 0.0740. The lowest BCUT2D eigenvalue weighted by Crippen LogP contribution is -2.17. The van der Waals surface area contributed by atoms with Crippen LogP contribution in [0.4, 0.5) is 11.4 Å². The van der Waals surface area contributed by atoms with Crippen molar-refractivity contribution in [2.75, 3.05) is 10.6 Å². The molecule has 2 rings (SSSR count). The predicted molar refractivity (Wildman–Crippen MR) is 88.1 cm³/mol. The molecule has 0 saturated heterocycles. The number of carbonyl (C=O) groups excluding carboxylic acids is 2. The number of hydrogen-bond acceptors (Lipinski definition) is 4. The van der Waals surface area contributed by atoms with Crippen LogP contribution in [0.15, 0.2) is 30.9 Å². The SMILES string of the molecule is CC(C)CCC(=O)Nc1cnccc1NC(=O)c1cnn(C)c1. The van der Waals surface area contributed by atoms with Crippen LogP contribution < -0.4 is 10.6 Å². The number of aryl methyl sites for hydroxylation is 1. The van der Waals surface area contributed by atoms with E-state index in [0.29, 0.717) is 29.3 Å². The number of rotatable bonds is 6.